The highest BCUT2D eigenvalue weighted by Crippen LogP contribution is 2.48. The maximum atomic E-state index is 14.1. The first-order valence-electron chi connectivity index (χ1n) is 17.0. The largest absolute Gasteiger partial charge is 0.507 e. The van der Waals surface area contributed by atoms with Crippen LogP contribution in [0.15, 0.2) is 71.3 Å². The number of piperidine rings is 1. The molecule has 2 amide bonds. The SMILES string of the molecule is CCCC1=C([C@H](O)CC/C(=C/c2ccccc2O)CCC)[C@H](CO)[C@@H]2C(=O)N(C3CCN(Cc4ccccc4)CC3)C(=O)[C@@H]2C1. The number of amides is 2. The number of nitrogens with zero attached hydrogens (tertiary/aromatic N) is 2. The second-order valence-electron chi connectivity index (χ2n) is 13.1. The van der Waals surface area contributed by atoms with Crippen molar-refractivity contribution in [2.45, 2.75) is 90.3 Å². The molecule has 7 nitrogen and oxygen atoms in total. The molecule has 2 aromatic rings. The summed E-state index contributed by atoms with van der Waals surface area (Å²) in [7, 11) is 0. The summed E-state index contributed by atoms with van der Waals surface area (Å²) in [6.07, 6.45) is 7.67. The summed E-state index contributed by atoms with van der Waals surface area (Å²) in [5.74, 6) is -1.68. The van der Waals surface area contributed by atoms with Crippen LogP contribution < -0.4 is 0 Å². The van der Waals surface area contributed by atoms with Gasteiger partial charge in [-0.25, -0.2) is 0 Å². The van der Waals surface area contributed by atoms with E-state index >= 15 is 0 Å². The number of phenols is 1. The fourth-order valence-electron chi connectivity index (χ4n) is 7.96. The molecule has 0 radical (unpaired) electrons. The third-order valence-electron chi connectivity index (χ3n) is 10.1. The van der Waals surface area contributed by atoms with E-state index in [1.54, 1.807) is 17.0 Å². The quantitative estimate of drug-likeness (QED) is 0.187. The minimum Gasteiger partial charge on any atom is -0.507 e. The van der Waals surface area contributed by atoms with Crippen molar-refractivity contribution in [1.82, 2.24) is 9.80 Å². The van der Waals surface area contributed by atoms with Crippen molar-refractivity contribution in [3.8, 4) is 5.75 Å². The van der Waals surface area contributed by atoms with Crippen LogP contribution in [-0.4, -0.2) is 68.8 Å². The Morgan fingerprint density at radius 2 is 1.67 bits per heavy atom. The zero-order valence-corrected chi connectivity index (χ0v) is 26.9. The normalized spacial score (nSPS) is 24.0. The highest BCUT2D eigenvalue weighted by molar-refractivity contribution is 6.06. The summed E-state index contributed by atoms with van der Waals surface area (Å²) in [6, 6.07) is 17.5. The number of hydrogen-bond donors (Lipinski definition) is 3. The standard InChI is InChI=1S/C38H50N2O5/c1-3-10-26(22-28-14-8-9-15-33(28)42)16-17-34(43)35-29(11-4-2)23-31-36(32(35)25-41)38(45)40(37(31)44)30-18-20-39(21-19-30)24-27-12-6-5-7-13-27/h5-9,12-15,22,30-32,34,36,41-43H,3-4,10-11,16-21,23-25H2,1-2H3/b26-22+/t31-,32+,34-,36-/m1/s1. The molecule has 0 saturated carbocycles. The number of benzene rings is 2. The van der Waals surface area contributed by atoms with Gasteiger partial charge in [0.1, 0.15) is 5.75 Å². The molecule has 0 unspecified atom stereocenters. The molecule has 0 bridgehead atoms. The number of phenolic OH excluding ortho intramolecular Hbond substituents is 1. The van der Waals surface area contributed by atoms with Gasteiger partial charge in [-0.3, -0.25) is 19.4 Å². The number of hydrogen-bond acceptors (Lipinski definition) is 6. The van der Waals surface area contributed by atoms with Gasteiger partial charge in [-0.05, 0) is 62.1 Å². The van der Waals surface area contributed by atoms with E-state index in [1.165, 1.54) is 5.56 Å². The van der Waals surface area contributed by atoms with Crippen LogP contribution in [0.3, 0.4) is 0 Å². The van der Waals surface area contributed by atoms with Gasteiger partial charge in [-0.15, -0.1) is 0 Å². The van der Waals surface area contributed by atoms with Crippen LogP contribution in [0.25, 0.3) is 6.08 Å². The van der Waals surface area contributed by atoms with E-state index in [4.69, 9.17) is 0 Å². The van der Waals surface area contributed by atoms with Gasteiger partial charge in [-0.1, -0.05) is 92.4 Å². The first kappa shape index (κ1) is 33.1. The molecule has 3 N–H and O–H groups in total. The Hall–Kier alpha value is -3.26. The summed E-state index contributed by atoms with van der Waals surface area (Å²) in [4.78, 5) is 31.9. The Bertz CT molecular complexity index is 1380. The molecule has 5 rings (SSSR count). The Morgan fingerprint density at radius 3 is 2.33 bits per heavy atom. The van der Waals surface area contributed by atoms with Crippen molar-refractivity contribution in [3.63, 3.8) is 0 Å². The second kappa shape index (κ2) is 15.4. The molecule has 1 aliphatic carbocycles. The van der Waals surface area contributed by atoms with Gasteiger partial charge in [0, 0.05) is 37.2 Å². The molecule has 45 heavy (non-hydrogen) atoms. The molecule has 2 fully saturated rings. The number of rotatable bonds is 13. The lowest BCUT2D eigenvalue weighted by Crippen LogP contribution is -2.47. The molecule has 4 atom stereocenters. The van der Waals surface area contributed by atoms with Gasteiger partial charge in [0.15, 0.2) is 0 Å². The lowest BCUT2D eigenvalue weighted by molar-refractivity contribution is -0.144. The second-order valence-corrected chi connectivity index (χ2v) is 13.1. The third-order valence-corrected chi connectivity index (χ3v) is 10.1. The van der Waals surface area contributed by atoms with Crippen LogP contribution in [0.4, 0.5) is 0 Å². The Morgan fingerprint density at radius 1 is 0.956 bits per heavy atom. The summed E-state index contributed by atoms with van der Waals surface area (Å²) in [6.45, 7) is 6.45. The van der Waals surface area contributed by atoms with Crippen molar-refractivity contribution in [3.05, 3.63) is 82.4 Å². The molecule has 0 aromatic heterocycles. The lowest BCUT2D eigenvalue weighted by Gasteiger charge is -2.37. The number of aromatic hydroxyl groups is 1. The molecule has 3 aliphatic rings. The summed E-state index contributed by atoms with van der Waals surface area (Å²) in [5, 5.41) is 32.7. The monoisotopic (exact) mass is 614 g/mol. The van der Waals surface area contributed by atoms with Crippen molar-refractivity contribution >= 4 is 17.9 Å². The number of carbonyl (C=O) groups excluding carboxylic acids is 2. The van der Waals surface area contributed by atoms with Gasteiger partial charge in [0.2, 0.25) is 11.8 Å². The van der Waals surface area contributed by atoms with E-state index < -0.39 is 23.9 Å². The van der Waals surface area contributed by atoms with Gasteiger partial charge in [0.05, 0.1) is 24.5 Å². The van der Waals surface area contributed by atoms with Gasteiger partial charge >= 0.3 is 0 Å². The number of para-hydroxylation sites is 1. The Kier molecular flexibility index (Phi) is 11.3. The topological polar surface area (TPSA) is 101 Å². The Labute approximate surface area is 268 Å². The molecule has 2 aliphatic heterocycles. The van der Waals surface area contributed by atoms with Crippen molar-refractivity contribution in [2.75, 3.05) is 19.7 Å². The van der Waals surface area contributed by atoms with E-state index in [-0.39, 0.29) is 30.2 Å². The Balaban J connectivity index is 1.30. The zero-order valence-electron chi connectivity index (χ0n) is 26.9. The van der Waals surface area contributed by atoms with Crippen molar-refractivity contribution < 1.29 is 24.9 Å². The number of imide groups is 1. The van der Waals surface area contributed by atoms with Crippen LogP contribution in [0.1, 0.15) is 82.8 Å². The summed E-state index contributed by atoms with van der Waals surface area (Å²) >= 11 is 0. The first-order chi connectivity index (χ1) is 21.9. The van der Waals surface area contributed by atoms with Gasteiger partial charge < -0.3 is 15.3 Å². The molecular formula is C38H50N2O5. The van der Waals surface area contributed by atoms with E-state index in [1.807, 2.05) is 36.4 Å². The fourth-order valence-corrected chi connectivity index (χ4v) is 7.96. The minimum atomic E-state index is -0.813. The maximum absolute atomic E-state index is 14.1. The van der Waals surface area contributed by atoms with E-state index in [0.29, 0.717) is 19.3 Å². The molecule has 2 aromatic carbocycles. The van der Waals surface area contributed by atoms with Crippen LogP contribution >= 0.6 is 0 Å². The number of carbonyl (C=O) groups is 2. The number of likely N-dealkylation sites (tertiary alicyclic amines) is 2. The number of fused-ring (bicyclic) bond motifs is 1. The number of allylic oxidation sites excluding steroid dienone is 2. The fraction of sp³-hybridized carbons (Fsp3) is 0.526. The van der Waals surface area contributed by atoms with Crippen molar-refractivity contribution in [2.24, 2.45) is 17.8 Å². The molecule has 2 saturated heterocycles. The number of aliphatic hydroxyl groups is 2. The smallest absolute Gasteiger partial charge is 0.234 e. The van der Waals surface area contributed by atoms with Gasteiger partial charge in [0.25, 0.3) is 0 Å². The van der Waals surface area contributed by atoms with Gasteiger partial charge in [-0.2, -0.15) is 0 Å². The minimum absolute atomic E-state index is 0.0945. The first-order valence-corrected chi connectivity index (χ1v) is 17.0. The molecule has 0 spiro atoms. The highest BCUT2D eigenvalue weighted by Gasteiger charge is 2.56. The third kappa shape index (κ3) is 7.43. The van der Waals surface area contributed by atoms with Crippen LogP contribution in [0.5, 0.6) is 5.75 Å². The molecule has 2 heterocycles. The molecule has 7 heteroatoms. The van der Waals surface area contributed by atoms with Crippen molar-refractivity contribution in [1.29, 1.82) is 0 Å². The van der Waals surface area contributed by atoms with E-state index in [0.717, 1.165) is 80.4 Å². The molecule has 242 valence electrons. The average Bonchev–Trinajstić information content (AvgIpc) is 3.30. The summed E-state index contributed by atoms with van der Waals surface area (Å²) in [5.41, 5.74) is 4.97. The van der Waals surface area contributed by atoms with Crippen LogP contribution in [-0.2, 0) is 16.1 Å². The maximum Gasteiger partial charge on any atom is 0.234 e. The predicted octanol–water partition coefficient (Wildman–Crippen LogP) is 6.09. The van der Waals surface area contributed by atoms with Crippen LogP contribution in [0, 0.1) is 17.8 Å². The highest BCUT2D eigenvalue weighted by atomic mass is 16.3. The zero-order chi connectivity index (χ0) is 31.9. The summed E-state index contributed by atoms with van der Waals surface area (Å²) < 4.78 is 0. The van der Waals surface area contributed by atoms with Crippen LogP contribution in [0.2, 0.25) is 0 Å². The molecular weight excluding hydrogens is 564 g/mol. The number of aliphatic hydroxyl groups excluding tert-OH is 2. The van der Waals surface area contributed by atoms with E-state index in [9.17, 15) is 24.9 Å². The lowest BCUT2D eigenvalue weighted by atomic mass is 9.67. The average molecular weight is 615 g/mol. The predicted molar refractivity (Wildman–Crippen MR) is 177 cm³/mol. The van der Waals surface area contributed by atoms with E-state index in [2.05, 4.69) is 30.9 Å².